The summed E-state index contributed by atoms with van der Waals surface area (Å²) in [4.78, 5) is 0. The van der Waals surface area contributed by atoms with E-state index in [1.807, 2.05) is 18.2 Å². The van der Waals surface area contributed by atoms with E-state index < -0.39 is 6.10 Å². The van der Waals surface area contributed by atoms with E-state index in [1.165, 1.54) is 5.56 Å². The van der Waals surface area contributed by atoms with Crippen LogP contribution in [0.4, 0.5) is 5.69 Å². The molecule has 0 aromatic heterocycles. The van der Waals surface area contributed by atoms with Crippen molar-refractivity contribution in [3.63, 3.8) is 0 Å². The summed E-state index contributed by atoms with van der Waals surface area (Å²) >= 11 is 1.67. The number of anilines is 1. The maximum absolute atomic E-state index is 9.12. The molecule has 90 valence electrons. The van der Waals surface area contributed by atoms with E-state index in [-0.39, 0.29) is 6.61 Å². The highest BCUT2D eigenvalue weighted by molar-refractivity contribution is 7.99. The molecule has 0 heterocycles. The topological polar surface area (TPSA) is 66.5 Å². The zero-order chi connectivity index (χ0) is 11.8. The van der Waals surface area contributed by atoms with Crippen LogP contribution in [0.1, 0.15) is 12.0 Å². The van der Waals surface area contributed by atoms with Crippen LogP contribution in [0.25, 0.3) is 0 Å². The zero-order valence-electron chi connectivity index (χ0n) is 9.30. The Morgan fingerprint density at radius 3 is 2.88 bits per heavy atom. The highest BCUT2D eigenvalue weighted by Gasteiger charge is 2.01. The highest BCUT2D eigenvalue weighted by atomic mass is 32.2. The molecule has 4 heteroatoms. The van der Waals surface area contributed by atoms with Gasteiger partial charge in [-0.15, -0.1) is 0 Å². The lowest BCUT2D eigenvalue weighted by atomic mass is 10.1. The van der Waals surface area contributed by atoms with E-state index in [0.29, 0.717) is 5.75 Å². The monoisotopic (exact) mass is 241 g/mol. The molecule has 4 N–H and O–H groups in total. The average Bonchev–Trinajstić information content (AvgIpc) is 2.28. The molecule has 1 atom stereocenters. The fourth-order valence-corrected chi connectivity index (χ4v) is 2.29. The molecule has 0 saturated carbocycles. The van der Waals surface area contributed by atoms with Gasteiger partial charge < -0.3 is 15.9 Å². The molecule has 0 bridgehead atoms. The van der Waals surface area contributed by atoms with Crippen molar-refractivity contribution in [3.05, 3.63) is 29.8 Å². The minimum atomic E-state index is -0.586. The Balaban J connectivity index is 2.12. The van der Waals surface area contributed by atoms with Gasteiger partial charge >= 0.3 is 0 Å². The minimum absolute atomic E-state index is 0.151. The number of aliphatic hydroxyl groups is 2. The Labute approximate surface area is 101 Å². The summed E-state index contributed by atoms with van der Waals surface area (Å²) in [5.41, 5.74) is 7.74. The zero-order valence-corrected chi connectivity index (χ0v) is 10.1. The smallest absolute Gasteiger partial charge is 0.0861 e. The molecule has 1 unspecified atom stereocenters. The molecule has 16 heavy (non-hydrogen) atoms. The quantitative estimate of drug-likeness (QED) is 0.497. The minimum Gasteiger partial charge on any atom is -0.399 e. The Hall–Kier alpha value is -0.710. The standard InChI is InChI=1S/C12H19NO2S/c13-11-5-1-3-10(7-11)4-2-6-16-9-12(15)8-14/h1,3,5,7,12,14-15H,2,4,6,8-9,13H2. The summed E-state index contributed by atoms with van der Waals surface area (Å²) in [6.45, 7) is -0.151. The second kappa shape index (κ2) is 7.54. The van der Waals surface area contributed by atoms with E-state index in [2.05, 4.69) is 6.07 Å². The molecular weight excluding hydrogens is 222 g/mol. The van der Waals surface area contributed by atoms with Crippen LogP contribution in [0.5, 0.6) is 0 Å². The molecule has 0 amide bonds. The van der Waals surface area contributed by atoms with Crippen molar-refractivity contribution < 1.29 is 10.2 Å². The van der Waals surface area contributed by atoms with E-state index in [9.17, 15) is 0 Å². The summed E-state index contributed by atoms with van der Waals surface area (Å²) in [5.74, 6) is 1.60. The van der Waals surface area contributed by atoms with Gasteiger partial charge in [0.25, 0.3) is 0 Å². The van der Waals surface area contributed by atoms with Gasteiger partial charge in [0.1, 0.15) is 0 Å². The molecular formula is C12H19NO2S. The van der Waals surface area contributed by atoms with Crippen molar-refractivity contribution in [2.45, 2.75) is 18.9 Å². The molecule has 1 rings (SSSR count). The second-order valence-corrected chi connectivity index (χ2v) is 4.91. The number of thioether (sulfide) groups is 1. The van der Waals surface area contributed by atoms with Crippen LogP contribution in [0.15, 0.2) is 24.3 Å². The first kappa shape index (κ1) is 13.4. The van der Waals surface area contributed by atoms with Crippen LogP contribution in [0.2, 0.25) is 0 Å². The van der Waals surface area contributed by atoms with Crippen molar-refractivity contribution in [3.8, 4) is 0 Å². The third-order valence-electron chi connectivity index (χ3n) is 2.23. The van der Waals surface area contributed by atoms with Crippen molar-refractivity contribution in [1.29, 1.82) is 0 Å². The van der Waals surface area contributed by atoms with Crippen molar-refractivity contribution in [1.82, 2.24) is 0 Å². The van der Waals surface area contributed by atoms with E-state index in [0.717, 1.165) is 24.3 Å². The van der Waals surface area contributed by atoms with Gasteiger partial charge in [-0.05, 0) is 36.3 Å². The molecule has 0 saturated heterocycles. The first-order valence-corrected chi connectivity index (χ1v) is 6.59. The van der Waals surface area contributed by atoms with E-state index in [1.54, 1.807) is 11.8 Å². The van der Waals surface area contributed by atoms with E-state index in [4.69, 9.17) is 15.9 Å². The normalized spacial score (nSPS) is 12.6. The molecule has 0 spiro atoms. The van der Waals surface area contributed by atoms with Gasteiger partial charge in [0.2, 0.25) is 0 Å². The molecule has 3 nitrogen and oxygen atoms in total. The van der Waals surface area contributed by atoms with Gasteiger partial charge in [0.15, 0.2) is 0 Å². The molecule has 0 aliphatic rings. The van der Waals surface area contributed by atoms with Crippen LogP contribution < -0.4 is 5.73 Å². The first-order chi connectivity index (χ1) is 7.72. The van der Waals surface area contributed by atoms with Crippen LogP contribution in [0.3, 0.4) is 0 Å². The van der Waals surface area contributed by atoms with Gasteiger partial charge in [-0.2, -0.15) is 11.8 Å². The van der Waals surface area contributed by atoms with Gasteiger partial charge in [-0.3, -0.25) is 0 Å². The lowest BCUT2D eigenvalue weighted by Gasteiger charge is -2.06. The highest BCUT2D eigenvalue weighted by Crippen LogP contribution is 2.11. The fourth-order valence-electron chi connectivity index (χ4n) is 1.40. The van der Waals surface area contributed by atoms with Gasteiger partial charge in [0, 0.05) is 11.4 Å². The third-order valence-corrected chi connectivity index (χ3v) is 3.42. The van der Waals surface area contributed by atoms with Gasteiger partial charge in [-0.1, -0.05) is 12.1 Å². The largest absolute Gasteiger partial charge is 0.399 e. The van der Waals surface area contributed by atoms with Crippen LogP contribution in [-0.4, -0.2) is 34.4 Å². The molecule has 0 radical (unpaired) electrons. The second-order valence-electron chi connectivity index (χ2n) is 3.76. The molecule has 0 fully saturated rings. The lowest BCUT2D eigenvalue weighted by molar-refractivity contribution is 0.113. The van der Waals surface area contributed by atoms with Crippen LogP contribution >= 0.6 is 11.8 Å². The van der Waals surface area contributed by atoms with Crippen LogP contribution in [-0.2, 0) is 6.42 Å². The number of aliphatic hydroxyl groups excluding tert-OH is 2. The predicted molar refractivity (Wildman–Crippen MR) is 69.6 cm³/mol. The summed E-state index contributed by atoms with van der Waals surface area (Å²) < 4.78 is 0. The number of nitrogen functional groups attached to an aromatic ring is 1. The van der Waals surface area contributed by atoms with Crippen LogP contribution in [0, 0.1) is 0 Å². The van der Waals surface area contributed by atoms with Crippen molar-refractivity contribution >= 4 is 17.4 Å². The predicted octanol–water partition coefficient (Wildman–Crippen LogP) is 1.29. The Bertz CT molecular complexity index is 307. The Morgan fingerprint density at radius 1 is 1.38 bits per heavy atom. The maximum Gasteiger partial charge on any atom is 0.0861 e. The van der Waals surface area contributed by atoms with Crippen molar-refractivity contribution in [2.75, 3.05) is 23.8 Å². The summed E-state index contributed by atoms with van der Waals surface area (Å²) in [6, 6.07) is 7.92. The number of rotatable bonds is 7. The van der Waals surface area contributed by atoms with Gasteiger partial charge in [-0.25, -0.2) is 0 Å². The molecule has 0 aliphatic heterocycles. The number of hydrogen-bond acceptors (Lipinski definition) is 4. The number of aryl methyl sites for hydroxylation is 1. The summed E-state index contributed by atoms with van der Waals surface area (Å²) in [5, 5.41) is 17.7. The SMILES string of the molecule is Nc1cccc(CCCSCC(O)CO)c1. The summed E-state index contributed by atoms with van der Waals surface area (Å²) in [7, 11) is 0. The Kier molecular flexibility index (Phi) is 6.30. The number of nitrogens with two attached hydrogens (primary N) is 1. The fraction of sp³-hybridized carbons (Fsp3) is 0.500. The number of hydrogen-bond donors (Lipinski definition) is 3. The van der Waals surface area contributed by atoms with E-state index >= 15 is 0 Å². The maximum atomic E-state index is 9.12. The summed E-state index contributed by atoms with van der Waals surface area (Å²) in [6.07, 6.45) is 1.48. The molecule has 1 aromatic rings. The molecule has 0 aliphatic carbocycles. The van der Waals surface area contributed by atoms with Gasteiger partial charge in [0.05, 0.1) is 12.7 Å². The first-order valence-electron chi connectivity index (χ1n) is 5.43. The average molecular weight is 241 g/mol. The Morgan fingerprint density at radius 2 is 2.19 bits per heavy atom. The van der Waals surface area contributed by atoms with Crippen molar-refractivity contribution in [2.24, 2.45) is 0 Å². The lowest BCUT2D eigenvalue weighted by Crippen LogP contribution is -2.14. The third kappa shape index (κ3) is 5.39. The number of benzene rings is 1. The molecule has 1 aromatic carbocycles.